The van der Waals surface area contributed by atoms with Crippen LogP contribution in [0.2, 0.25) is 0 Å². The third-order valence-corrected chi connectivity index (χ3v) is 10.0. The fourth-order valence-electron chi connectivity index (χ4n) is 6.45. The average molecular weight is 721 g/mol. The molecular weight excluding hydrogens is 636 g/mol. The van der Waals surface area contributed by atoms with Crippen molar-refractivity contribution in [3.05, 3.63) is 24.3 Å². The Labute approximate surface area is 316 Å². The van der Waals surface area contributed by atoms with Gasteiger partial charge in [-0.25, -0.2) is 0 Å². The van der Waals surface area contributed by atoms with E-state index in [4.69, 9.17) is 9.47 Å². The monoisotopic (exact) mass is 721 g/mol. The van der Waals surface area contributed by atoms with E-state index in [0.29, 0.717) is 32.0 Å². The van der Waals surface area contributed by atoms with E-state index in [9.17, 15) is 19.8 Å². The van der Waals surface area contributed by atoms with Crippen LogP contribution in [0.25, 0.3) is 0 Å². The lowest BCUT2D eigenvalue weighted by Crippen LogP contribution is -2.30. The number of carbonyl (C=O) groups is 2. The molecule has 2 N–H and O–H groups in total. The highest BCUT2D eigenvalue weighted by molar-refractivity contribution is 5.69. The molecule has 2 unspecified atom stereocenters. The van der Waals surface area contributed by atoms with E-state index in [2.05, 4.69) is 38.2 Å². The van der Waals surface area contributed by atoms with Gasteiger partial charge in [0.25, 0.3) is 0 Å². The van der Waals surface area contributed by atoms with Gasteiger partial charge >= 0.3 is 11.9 Å². The second-order valence-electron chi connectivity index (χ2n) is 15.6. The molecule has 0 aliphatic heterocycles. The van der Waals surface area contributed by atoms with Crippen LogP contribution in [0.15, 0.2) is 24.3 Å². The van der Waals surface area contributed by atoms with Crippen molar-refractivity contribution in [3.63, 3.8) is 0 Å². The Balaban J connectivity index is 3.51. The van der Waals surface area contributed by atoms with Crippen LogP contribution in [0.4, 0.5) is 0 Å². The lowest BCUT2D eigenvalue weighted by molar-refractivity contribution is -0.145. The Morgan fingerprint density at radius 2 is 0.941 bits per heavy atom. The summed E-state index contributed by atoms with van der Waals surface area (Å²) in [7, 11) is 0. The summed E-state index contributed by atoms with van der Waals surface area (Å²) in [5.74, 6) is 0.163. The van der Waals surface area contributed by atoms with E-state index < -0.39 is 5.60 Å². The van der Waals surface area contributed by atoms with Crippen molar-refractivity contribution in [2.24, 2.45) is 5.92 Å². The SMILES string of the molecule is CCCCCCC(O)C/C=C\CCCCCCCC(=O)OCCCCCCOC(=O)CCCCCCC/C=C\CC(CCCCCC)C(C)(C)O. The van der Waals surface area contributed by atoms with E-state index in [1.165, 1.54) is 70.6 Å². The van der Waals surface area contributed by atoms with Crippen molar-refractivity contribution < 1.29 is 29.3 Å². The fraction of sp³-hybridized carbons (Fsp3) is 0.867. The molecule has 0 radical (unpaired) electrons. The summed E-state index contributed by atoms with van der Waals surface area (Å²) in [6.07, 6.45) is 40.1. The van der Waals surface area contributed by atoms with Crippen molar-refractivity contribution >= 4 is 11.9 Å². The van der Waals surface area contributed by atoms with Crippen molar-refractivity contribution in [3.8, 4) is 0 Å². The minimum Gasteiger partial charge on any atom is -0.466 e. The molecule has 0 saturated heterocycles. The number of unbranched alkanes of at least 4 members (excludes halogenated alkanes) is 19. The predicted molar refractivity (Wildman–Crippen MR) is 216 cm³/mol. The molecule has 0 rings (SSSR count). The lowest BCUT2D eigenvalue weighted by atomic mass is 9.83. The molecule has 0 aliphatic rings. The standard InChI is InChI=1S/C45H84O6/c1-5-7-9-25-33-41(45(3,4)49)34-26-19-15-11-13-17-21-29-37-43(47)50-39-31-23-24-32-40-51-44(48)38-30-22-18-14-12-16-20-28-36-42(46)35-27-10-8-6-2/h19-20,26,28,41-42,46,49H,5-18,21-25,27,29-40H2,1-4H3/b26-19-,28-20-. The number of ether oxygens (including phenoxy) is 2. The number of aliphatic hydroxyl groups is 2. The largest absolute Gasteiger partial charge is 0.466 e. The number of rotatable bonds is 38. The van der Waals surface area contributed by atoms with Crippen LogP contribution in [0, 0.1) is 5.92 Å². The molecule has 0 aromatic rings. The molecule has 0 aromatic heterocycles. The Morgan fingerprint density at radius 3 is 1.43 bits per heavy atom. The van der Waals surface area contributed by atoms with Gasteiger partial charge in [0.2, 0.25) is 0 Å². The number of hydrogen-bond acceptors (Lipinski definition) is 6. The predicted octanol–water partition coefficient (Wildman–Crippen LogP) is 12.7. The molecule has 51 heavy (non-hydrogen) atoms. The van der Waals surface area contributed by atoms with Crippen molar-refractivity contribution in [2.45, 2.75) is 232 Å². The second-order valence-corrected chi connectivity index (χ2v) is 15.6. The van der Waals surface area contributed by atoms with Crippen LogP contribution >= 0.6 is 0 Å². The molecule has 0 spiro atoms. The highest BCUT2D eigenvalue weighted by Crippen LogP contribution is 2.27. The topological polar surface area (TPSA) is 93.1 Å². The summed E-state index contributed by atoms with van der Waals surface area (Å²) in [6.45, 7) is 9.30. The van der Waals surface area contributed by atoms with Gasteiger partial charge in [0.15, 0.2) is 0 Å². The van der Waals surface area contributed by atoms with Crippen LogP contribution in [-0.2, 0) is 19.1 Å². The summed E-state index contributed by atoms with van der Waals surface area (Å²) in [5, 5.41) is 20.5. The van der Waals surface area contributed by atoms with Gasteiger partial charge in [-0.05, 0) is 110 Å². The van der Waals surface area contributed by atoms with Gasteiger partial charge in [-0.15, -0.1) is 0 Å². The maximum Gasteiger partial charge on any atom is 0.305 e. The molecule has 0 heterocycles. The van der Waals surface area contributed by atoms with E-state index in [0.717, 1.165) is 109 Å². The third kappa shape index (κ3) is 36.5. The number of allylic oxidation sites excluding steroid dienone is 3. The van der Waals surface area contributed by atoms with Gasteiger partial charge < -0.3 is 19.7 Å². The van der Waals surface area contributed by atoms with Gasteiger partial charge in [0.1, 0.15) is 0 Å². The lowest BCUT2D eigenvalue weighted by Gasteiger charge is -2.28. The quantitative estimate of drug-likeness (QED) is 0.0375. The van der Waals surface area contributed by atoms with Crippen LogP contribution in [0.1, 0.15) is 220 Å². The van der Waals surface area contributed by atoms with E-state index in [1.54, 1.807) is 0 Å². The number of aliphatic hydroxyl groups excluding tert-OH is 1. The molecule has 2 atom stereocenters. The number of hydrogen-bond donors (Lipinski definition) is 2. The first-order valence-corrected chi connectivity index (χ1v) is 21.7. The molecule has 6 nitrogen and oxygen atoms in total. The summed E-state index contributed by atoms with van der Waals surface area (Å²) < 4.78 is 10.8. The highest BCUT2D eigenvalue weighted by atomic mass is 16.5. The highest BCUT2D eigenvalue weighted by Gasteiger charge is 2.24. The first kappa shape index (κ1) is 49.3. The van der Waals surface area contributed by atoms with Crippen molar-refractivity contribution in [2.75, 3.05) is 13.2 Å². The summed E-state index contributed by atoms with van der Waals surface area (Å²) >= 11 is 0. The zero-order chi connectivity index (χ0) is 37.7. The zero-order valence-electron chi connectivity index (χ0n) is 34.1. The normalized spacial score (nSPS) is 13.3. The molecule has 0 aliphatic carbocycles. The Kier molecular flexibility index (Phi) is 35.5. The van der Waals surface area contributed by atoms with Gasteiger partial charge in [-0.1, -0.05) is 128 Å². The van der Waals surface area contributed by atoms with Gasteiger partial charge in [0.05, 0.1) is 24.9 Å². The summed E-state index contributed by atoms with van der Waals surface area (Å²) in [6, 6.07) is 0. The number of esters is 2. The first-order chi connectivity index (χ1) is 24.7. The molecule has 6 heteroatoms. The molecule has 0 saturated carbocycles. The van der Waals surface area contributed by atoms with E-state index >= 15 is 0 Å². The number of carbonyl (C=O) groups excluding carboxylic acids is 2. The maximum absolute atomic E-state index is 12.0. The molecule has 0 fully saturated rings. The van der Waals surface area contributed by atoms with Crippen LogP contribution in [0.3, 0.4) is 0 Å². The van der Waals surface area contributed by atoms with E-state index in [1.807, 2.05) is 13.8 Å². The van der Waals surface area contributed by atoms with Gasteiger partial charge in [-0.2, -0.15) is 0 Å². The Hall–Kier alpha value is -1.66. The minimum atomic E-state index is -0.616. The molecule has 300 valence electrons. The van der Waals surface area contributed by atoms with Crippen molar-refractivity contribution in [1.82, 2.24) is 0 Å². The second kappa shape index (κ2) is 36.7. The minimum absolute atomic E-state index is 0.0840. The maximum atomic E-state index is 12.0. The summed E-state index contributed by atoms with van der Waals surface area (Å²) in [4.78, 5) is 24.0. The Morgan fingerprint density at radius 1 is 0.529 bits per heavy atom. The van der Waals surface area contributed by atoms with Crippen LogP contribution < -0.4 is 0 Å². The van der Waals surface area contributed by atoms with E-state index in [-0.39, 0.29) is 18.0 Å². The third-order valence-electron chi connectivity index (χ3n) is 10.0. The van der Waals surface area contributed by atoms with Gasteiger partial charge in [-0.3, -0.25) is 9.59 Å². The average Bonchev–Trinajstić information content (AvgIpc) is 3.09. The summed E-state index contributed by atoms with van der Waals surface area (Å²) in [5.41, 5.74) is -0.616. The molecule has 0 bridgehead atoms. The zero-order valence-corrected chi connectivity index (χ0v) is 34.1. The fourth-order valence-corrected chi connectivity index (χ4v) is 6.45. The van der Waals surface area contributed by atoms with Gasteiger partial charge in [0, 0.05) is 12.8 Å². The van der Waals surface area contributed by atoms with Crippen LogP contribution in [-0.4, -0.2) is 47.1 Å². The smallest absolute Gasteiger partial charge is 0.305 e. The Bertz CT molecular complexity index is 829. The van der Waals surface area contributed by atoms with Crippen molar-refractivity contribution in [1.29, 1.82) is 0 Å². The molecule has 0 amide bonds. The molecular formula is C45H84O6. The first-order valence-electron chi connectivity index (χ1n) is 21.7. The molecule has 0 aromatic carbocycles. The van der Waals surface area contributed by atoms with Crippen LogP contribution in [0.5, 0.6) is 0 Å².